The van der Waals surface area contributed by atoms with E-state index < -0.39 is 0 Å². The summed E-state index contributed by atoms with van der Waals surface area (Å²) in [6, 6.07) is 7.44. The van der Waals surface area contributed by atoms with Crippen LogP contribution in [0.2, 0.25) is 0 Å². The van der Waals surface area contributed by atoms with Gasteiger partial charge in [0.1, 0.15) is 5.82 Å². The van der Waals surface area contributed by atoms with Crippen LogP contribution in [0, 0.1) is 0 Å². The van der Waals surface area contributed by atoms with Crippen LogP contribution in [0.5, 0.6) is 0 Å². The number of amides is 1. The maximum atomic E-state index is 13.0. The maximum Gasteiger partial charge on any atom is 0.233 e. The molecule has 1 unspecified atom stereocenters. The number of aliphatic imine (C=N–C) groups is 1. The van der Waals surface area contributed by atoms with E-state index in [4.69, 9.17) is 4.74 Å². The third kappa shape index (κ3) is 3.65. The van der Waals surface area contributed by atoms with Gasteiger partial charge in [0.25, 0.3) is 0 Å². The molecule has 3 heterocycles. The van der Waals surface area contributed by atoms with E-state index in [1.807, 2.05) is 29.2 Å². The van der Waals surface area contributed by atoms with Crippen LogP contribution in [-0.2, 0) is 20.7 Å². The number of morpholine rings is 1. The quantitative estimate of drug-likeness (QED) is 0.853. The van der Waals surface area contributed by atoms with Gasteiger partial charge in [-0.05, 0) is 18.1 Å². The molecule has 0 saturated carbocycles. The summed E-state index contributed by atoms with van der Waals surface area (Å²) in [4.78, 5) is 33.4. The molecule has 0 aliphatic carbocycles. The molecule has 3 aliphatic heterocycles. The number of fused-ring (bicyclic) bond motifs is 1. The van der Waals surface area contributed by atoms with E-state index in [0.29, 0.717) is 44.3 Å². The molecule has 0 aromatic heterocycles. The normalized spacial score (nSPS) is 22.4. The average Bonchev–Trinajstić information content (AvgIpc) is 3.07. The number of hydrogen-bond acceptors (Lipinski definition) is 6. The van der Waals surface area contributed by atoms with E-state index in [1.54, 1.807) is 11.0 Å². The fraction of sp³-hybridized carbons (Fsp3) is 0.450. The van der Waals surface area contributed by atoms with E-state index in [2.05, 4.69) is 4.99 Å². The molecule has 0 spiro atoms. The van der Waals surface area contributed by atoms with Crippen molar-refractivity contribution in [2.45, 2.75) is 25.3 Å². The predicted octanol–water partition coefficient (Wildman–Crippen LogP) is 0.914. The van der Waals surface area contributed by atoms with Gasteiger partial charge in [0.15, 0.2) is 5.78 Å². The van der Waals surface area contributed by atoms with Gasteiger partial charge in [0, 0.05) is 37.0 Å². The molecule has 1 N–H and O–H groups in total. The summed E-state index contributed by atoms with van der Waals surface area (Å²) in [7, 11) is 0. The molecule has 1 atom stereocenters. The Labute approximate surface area is 157 Å². The lowest BCUT2D eigenvalue weighted by Gasteiger charge is -2.30. The molecular weight excluding hydrogens is 346 g/mol. The highest BCUT2D eigenvalue weighted by molar-refractivity contribution is 6.16. The molecule has 1 amide bonds. The first kappa shape index (κ1) is 17.9. The molecule has 3 aliphatic rings. The molecule has 1 aromatic carbocycles. The Kier molecular flexibility index (Phi) is 5.05. The summed E-state index contributed by atoms with van der Waals surface area (Å²) >= 11 is 0. The molecule has 27 heavy (non-hydrogen) atoms. The van der Waals surface area contributed by atoms with Crippen molar-refractivity contribution < 1.29 is 19.4 Å². The second kappa shape index (κ2) is 7.62. The molecule has 7 nitrogen and oxygen atoms in total. The molecule has 1 aromatic rings. The fourth-order valence-corrected chi connectivity index (χ4v) is 3.89. The summed E-state index contributed by atoms with van der Waals surface area (Å²) in [6.45, 7) is 2.51. The topological polar surface area (TPSA) is 82.4 Å². The molecule has 4 rings (SSSR count). The molecular formula is C20H23N3O4. The van der Waals surface area contributed by atoms with Gasteiger partial charge in [-0.3, -0.25) is 9.59 Å². The smallest absolute Gasteiger partial charge is 0.233 e. The first-order valence-electron chi connectivity index (χ1n) is 9.30. The number of aliphatic hydroxyl groups is 1. The van der Waals surface area contributed by atoms with Gasteiger partial charge in [0.2, 0.25) is 5.91 Å². The van der Waals surface area contributed by atoms with Gasteiger partial charge in [0.05, 0.1) is 32.3 Å². The van der Waals surface area contributed by atoms with Crippen LogP contribution in [0.15, 0.2) is 41.2 Å². The number of para-hydroxylation sites is 1. The summed E-state index contributed by atoms with van der Waals surface area (Å²) < 4.78 is 5.35. The van der Waals surface area contributed by atoms with Crippen LogP contribution in [0.1, 0.15) is 18.4 Å². The van der Waals surface area contributed by atoms with E-state index in [0.717, 1.165) is 11.3 Å². The monoisotopic (exact) mass is 369 g/mol. The Balaban J connectivity index is 1.52. The summed E-state index contributed by atoms with van der Waals surface area (Å²) in [5.74, 6) is 0.460. The first-order chi connectivity index (χ1) is 13.2. The zero-order valence-corrected chi connectivity index (χ0v) is 15.1. The Bertz CT molecular complexity index is 811. The van der Waals surface area contributed by atoms with Crippen LogP contribution in [-0.4, -0.2) is 66.4 Å². The van der Waals surface area contributed by atoms with Crippen molar-refractivity contribution in [3.05, 3.63) is 41.7 Å². The molecule has 1 saturated heterocycles. The van der Waals surface area contributed by atoms with Gasteiger partial charge in [-0.15, -0.1) is 0 Å². The fourth-order valence-electron chi connectivity index (χ4n) is 3.89. The lowest BCUT2D eigenvalue weighted by atomic mass is 10.1. The van der Waals surface area contributed by atoms with Gasteiger partial charge >= 0.3 is 0 Å². The van der Waals surface area contributed by atoms with Gasteiger partial charge in [-0.25, -0.2) is 4.99 Å². The van der Waals surface area contributed by atoms with Crippen LogP contribution in [0.4, 0.5) is 5.69 Å². The number of rotatable bonds is 4. The standard InChI is InChI=1S/C20H23N3O4/c24-13-16-9-14-3-1-2-4-18(14)23(16)20(26)11-15-10-17(25)12-19(21-15)22-5-7-27-8-6-22/h1-4,12,16,24H,5-11,13H2. The molecule has 0 radical (unpaired) electrons. The number of carbonyl (C=O) groups is 2. The Morgan fingerprint density at radius 2 is 2.04 bits per heavy atom. The summed E-state index contributed by atoms with van der Waals surface area (Å²) in [6.07, 6.45) is 2.45. The summed E-state index contributed by atoms with van der Waals surface area (Å²) in [5.41, 5.74) is 2.48. The highest BCUT2D eigenvalue weighted by Crippen LogP contribution is 2.32. The van der Waals surface area contributed by atoms with Gasteiger partial charge in [-0.1, -0.05) is 18.2 Å². The van der Waals surface area contributed by atoms with Crippen molar-refractivity contribution in [1.82, 2.24) is 4.90 Å². The van der Waals surface area contributed by atoms with Gasteiger partial charge < -0.3 is 19.6 Å². The number of anilines is 1. The molecule has 0 bridgehead atoms. The van der Waals surface area contributed by atoms with Crippen LogP contribution in [0.3, 0.4) is 0 Å². The molecule has 142 valence electrons. The third-order valence-corrected chi connectivity index (χ3v) is 5.18. The SMILES string of the molecule is O=C1C=C(N2CCOCC2)N=C(CC(=O)N2c3ccccc3CC2CO)C1. The van der Waals surface area contributed by atoms with E-state index >= 15 is 0 Å². The molecule has 7 heteroatoms. The number of hydrogen-bond donors (Lipinski definition) is 1. The van der Waals surface area contributed by atoms with Crippen LogP contribution < -0.4 is 4.90 Å². The first-order valence-corrected chi connectivity index (χ1v) is 9.30. The average molecular weight is 369 g/mol. The highest BCUT2D eigenvalue weighted by Gasteiger charge is 2.34. The summed E-state index contributed by atoms with van der Waals surface area (Å²) in [5, 5.41) is 9.71. The lowest BCUT2D eigenvalue weighted by Crippen LogP contribution is -2.41. The Morgan fingerprint density at radius 3 is 2.81 bits per heavy atom. The van der Waals surface area contributed by atoms with E-state index in [9.17, 15) is 14.7 Å². The number of carbonyl (C=O) groups excluding carboxylic acids is 2. The third-order valence-electron chi connectivity index (χ3n) is 5.18. The number of ether oxygens (including phenoxy) is 1. The van der Waals surface area contributed by atoms with Crippen molar-refractivity contribution in [3.63, 3.8) is 0 Å². The largest absolute Gasteiger partial charge is 0.394 e. The Hall–Kier alpha value is -2.51. The van der Waals surface area contributed by atoms with Crippen LogP contribution >= 0.6 is 0 Å². The lowest BCUT2D eigenvalue weighted by molar-refractivity contribution is -0.118. The predicted molar refractivity (Wildman–Crippen MR) is 101 cm³/mol. The minimum absolute atomic E-state index is 0.0326. The van der Waals surface area contributed by atoms with E-state index in [1.165, 1.54) is 0 Å². The van der Waals surface area contributed by atoms with Crippen molar-refractivity contribution in [2.75, 3.05) is 37.8 Å². The zero-order valence-electron chi connectivity index (χ0n) is 15.1. The minimum atomic E-state index is -0.260. The number of nitrogens with zero attached hydrogens (tertiary/aromatic N) is 3. The zero-order chi connectivity index (χ0) is 18.8. The van der Waals surface area contributed by atoms with Crippen molar-refractivity contribution in [1.29, 1.82) is 0 Å². The number of allylic oxidation sites excluding steroid dienone is 1. The minimum Gasteiger partial charge on any atom is -0.394 e. The van der Waals surface area contributed by atoms with Crippen molar-refractivity contribution in [2.24, 2.45) is 4.99 Å². The van der Waals surface area contributed by atoms with Crippen molar-refractivity contribution >= 4 is 23.1 Å². The maximum absolute atomic E-state index is 13.0. The van der Waals surface area contributed by atoms with Crippen LogP contribution in [0.25, 0.3) is 0 Å². The van der Waals surface area contributed by atoms with E-state index in [-0.39, 0.29) is 37.2 Å². The second-order valence-corrected chi connectivity index (χ2v) is 7.03. The van der Waals surface area contributed by atoms with Gasteiger partial charge in [-0.2, -0.15) is 0 Å². The number of ketones is 1. The highest BCUT2D eigenvalue weighted by atomic mass is 16.5. The second-order valence-electron chi connectivity index (χ2n) is 7.03. The molecule has 1 fully saturated rings. The Morgan fingerprint density at radius 1 is 1.26 bits per heavy atom. The number of aliphatic hydroxyl groups excluding tert-OH is 1. The number of benzene rings is 1. The van der Waals surface area contributed by atoms with Crippen molar-refractivity contribution in [3.8, 4) is 0 Å².